The lowest BCUT2D eigenvalue weighted by Crippen LogP contribution is -2.34. The molecule has 8 heteroatoms. The zero-order valence-corrected chi connectivity index (χ0v) is 18.4. The zero-order chi connectivity index (χ0) is 24.2. The number of carboxylic acids is 1. The number of anilines is 1. The molecule has 0 saturated heterocycles. The fourth-order valence-electron chi connectivity index (χ4n) is 4.16. The largest absolute Gasteiger partial charge is 0.481 e. The van der Waals surface area contributed by atoms with Crippen molar-refractivity contribution in [2.75, 3.05) is 11.9 Å². The van der Waals surface area contributed by atoms with Crippen LogP contribution in [0, 0.1) is 5.82 Å². The minimum Gasteiger partial charge on any atom is -0.481 e. The molecule has 0 aromatic heterocycles. The summed E-state index contributed by atoms with van der Waals surface area (Å²) in [5.41, 5.74) is 3.76. The van der Waals surface area contributed by atoms with Gasteiger partial charge in [0, 0.05) is 12.0 Å². The van der Waals surface area contributed by atoms with E-state index in [-0.39, 0.29) is 30.2 Å². The van der Waals surface area contributed by atoms with E-state index in [1.165, 1.54) is 25.1 Å². The molecule has 0 aliphatic heterocycles. The SMILES string of the molecule is CC(CC(=O)O)NC(=O)c1cccc(NC(=O)OCC2c3ccccc3-c3ccccc32)c1F. The van der Waals surface area contributed by atoms with Crippen LogP contribution in [0.4, 0.5) is 14.9 Å². The van der Waals surface area contributed by atoms with Gasteiger partial charge in [0.05, 0.1) is 17.7 Å². The Morgan fingerprint density at radius 2 is 1.59 bits per heavy atom. The van der Waals surface area contributed by atoms with Crippen molar-refractivity contribution in [1.82, 2.24) is 5.32 Å². The maximum absolute atomic E-state index is 14.9. The van der Waals surface area contributed by atoms with E-state index in [0.717, 1.165) is 22.3 Å². The molecule has 0 radical (unpaired) electrons. The Hall–Kier alpha value is -4.20. The standard InChI is InChI=1S/C26H23FN2O5/c1-15(13-23(30)31)28-25(32)20-11-6-12-22(24(20)27)29-26(33)34-14-21-18-9-4-2-7-16(18)17-8-3-5-10-19(17)21/h2-12,15,21H,13-14H2,1H3,(H,28,32)(H,29,33)(H,30,31). The Morgan fingerprint density at radius 3 is 2.21 bits per heavy atom. The van der Waals surface area contributed by atoms with Crippen molar-refractivity contribution in [3.63, 3.8) is 0 Å². The predicted octanol–water partition coefficient (Wildman–Crippen LogP) is 4.78. The third kappa shape index (κ3) is 4.76. The van der Waals surface area contributed by atoms with Crippen LogP contribution in [0.3, 0.4) is 0 Å². The Bertz CT molecular complexity index is 1210. The van der Waals surface area contributed by atoms with Gasteiger partial charge < -0.3 is 15.2 Å². The minimum atomic E-state index is -1.08. The Morgan fingerprint density at radius 1 is 0.971 bits per heavy atom. The topological polar surface area (TPSA) is 105 Å². The molecule has 0 heterocycles. The highest BCUT2D eigenvalue weighted by molar-refractivity contribution is 5.97. The van der Waals surface area contributed by atoms with Crippen molar-refractivity contribution < 1.29 is 28.6 Å². The van der Waals surface area contributed by atoms with Gasteiger partial charge in [0.2, 0.25) is 0 Å². The zero-order valence-electron chi connectivity index (χ0n) is 18.4. The average Bonchev–Trinajstić information content (AvgIpc) is 3.12. The molecule has 0 saturated carbocycles. The third-order valence-electron chi connectivity index (χ3n) is 5.68. The molecule has 2 amide bonds. The number of hydrogen-bond donors (Lipinski definition) is 3. The first-order chi connectivity index (χ1) is 16.3. The summed E-state index contributed by atoms with van der Waals surface area (Å²) in [6, 6.07) is 19.1. The molecule has 3 aromatic carbocycles. The number of rotatable bonds is 7. The predicted molar refractivity (Wildman–Crippen MR) is 124 cm³/mol. The molecular formula is C26H23FN2O5. The van der Waals surface area contributed by atoms with E-state index in [9.17, 15) is 18.8 Å². The molecular weight excluding hydrogens is 439 g/mol. The molecule has 1 aliphatic rings. The van der Waals surface area contributed by atoms with E-state index in [2.05, 4.69) is 10.6 Å². The van der Waals surface area contributed by atoms with Gasteiger partial charge in [-0.15, -0.1) is 0 Å². The quantitative estimate of drug-likeness (QED) is 0.469. The van der Waals surface area contributed by atoms with Crippen LogP contribution in [0.25, 0.3) is 11.1 Å². The lowest BCUT2D eigenvalue weighted by atomic mass is 9.98. The normalized spacial score (nSPS) is 12.9. The Labute approximate surface area is 195 Å². The number of ether oxygens (including phenoxy) is 1. The molecule has 3 aromatic rings. The molecule has 0 spiro atoms. The summed E-state index contributed by atoms with van der Waals surface area (Å²) in [4.78, 5) is 35.6. The van der Waals surface area contributed by atoms with Crippen molar-refractivity contribution in [3.05, 3.63) is 89.2 Å². The molecule has 3 N–H and O–H groups in total. The van der Waals surface area contributed by atoms with Gasteiger partial charge in [-0.05, 0) is 41.3 Å². The summed E-state index contributed by atoms with van der Waals surface area (Å²) in [6.07, 6.45) is -1.15. The van der Waals surface area contributed by atoms with Gasteiger partial charge in [0.1, 0.15) is 6.61 Å². The van der Waals surface area contributed by atoms with Crippen LogP contribution in [0.1, 0.15) is 40.7 Å². The average molecular weight is 462 g/mol. The second-order valence-corrected chi connectivity index (χ2v) is 8.09. The fourth-order valence-corrected chi connectivity index (χ4v) is 4.16. The summed E-state index contributed by atoms with van der Waals surface area (Å²) in [5, 5.41) is 13.6. The number of fused-ring (bicyclic) bond motifs is 3. The monoisotopic (exact) mass is 462 g/mol. The van der Waals surface area contributed by atoms with Crippen LogP contribution >= 0.6 is 0 Å². The summed E-state index contributed by atoms with van der Waals surface area (Å²) in [6.45, 7) is 1.57. The minimum absolute atomic E-state index is 0.0638. The number of amides is 2. The lowest BCUT2D eigenvalue weighted by molar-refractivity contribution is -0.137. The number of nitrogens with one attached hydrogen (secondary N) is 2. The molecule has 0 bridgehead atoms. The Kier molecular flexibility index (Phi) is 6.58. The highest BCUT2D eigenvalue weighted by Gasteiger charge is 2.29. The van der Waals surface area contributed by atoms with E-state index >= 15 is 0 Å². The van der Waals surface area contributed by atoms with Gasteiger partial charge in [0.25, 0.3) is 5.91 Å². The van der Waals surface area contributed by atoms with E-state index < -0.39 is 29.8 Å². The van der Waals surface area contributed by atoms with E-state index in [1.807, 2.05) is 48.5 Å². The Balaban J connectivity index is 1.43. The number of hydrogen-bond acceptors (Lipinski definition) is 4. The molecule has 1 unspecified atom stereocenters. The van der Waals surface area contributed by atoms with Gasteiger partial charge >= 0.3 is 12.1 Å². The number of carboxylic acid groups (broad SMARTS) is 1. The number of halogens is 1. The van der Waals surface area contributed by atoms with Crippen molar-refractivity contribution in [3.8, 4) is 11.1 Å². The van der Waals surface area contributed by atoms with Gasteiger partial charge in [-0.1, -0.05) is 54.6 Å². The summed E-state index contributed by atoms with van der Waals surface area (Å²) < 4.78 is 20.3. The van der Waals surface area contributed by atoms with E-state index in [4.69, 9.17) is 9.84 Å². The molecule has 174 valence electrons. The van der Waals surface area contributed by atoms with Crippen LogP contribution in [0.5, 0.6) is 0 Å². The summed E-state index contributed by atoms with van der Waals surface area (Å²) in [7, 11) is 0. The van der Waals surface area contributed by atoms with Crippen molar-refractivity contribution >= 4 is 23.7 Å². The van der Waals surface area contributed by atoms with Gasteiger partial charge in [-0.3, -0.25) is 14.9 Å². The smallest absolute Gasteiger partial charge is 0.411 e. The first kappa shape index (κ1) is 23.0. The lowest BCUT2D eigenvalue weighted by Gasteiger charge is -2.16. The molecule has 4 rings (SSSR count). The van der Waals surface area contributed by atoms with Crippen LogP contribution in [0.15, 0.2) is 66.7 Å². The van der Waals surface area contributed by atoms with E-state index in [0.29, 0.717) is 0 Å². The molecule has 7 nitrogen and oxygen atoms in total. The first-order valence-corrected chi connectivity index (χ1v) is 10.8. The van der Waals surface area contributed by atoms with E-state index in [1.54, 1.807) is 0 Å². The van der Waals surface area contributed by atoms with Crippen LogP contribution in [0.2, 0.25) is 0 Å². The highest BCUT2D eigenvalue weighted by Crippen LogP contribution is 2.44. The van der Waals surface area contributed by atoms with Gasteiger partial charge in [0.15, 0.2) is 5.82 Å². The second-order valence-electron chi connectivity index (χ2n) is 8.09. The first-order valence-electron chi connectivity index (χ1n) is 10.8. The second kappa shape index (κ2) is 9.74. The fraction of sp³-hybridized carbons (Fsp3) is 0.192. The third-order valence-corrected chi connectivity index (χ3v) is 5.68. The molecule has 1 aliphatic carbocycles. The van der Waals surface area contributed by atoms with Crippen molar-refractivity contribution in [2.45, 2.75) is 25.3 Å². The maximum atomic E-state index is 14.9. The maximum Gasteiger partial charge on any atom is 0.411 e. The highest BCUT2D eigenvalue weighted by atomic mass is 19.1. The van der Waals surface area contributed by atoms with Crippen molar-refractivity contribution in [1.29, 1.82) is 0 Å². The van der Waals surface area contributed by atoms with Crippen LogP contribution < -0.4 is 10.6 Å². The van der Waals surface area contributed by atoms with Crippen LogP contribution in [-0.4, -0.2) is 35.7 Å². The summed E-state index contributed by atoms with van der Waals surface area (Å²) >= 11 is 0. The number of aliphatic carboxylic acids is 1. The van der Waals surface area contributed by atoms with Gasteiger partial charge in [-0.25, -0.2) is 9.18 Å². The summed E-state index contributed by atoms with van der Waals surface area (Å²) in [5.74, 6) is -2.94. The molecule has 34 heavy (non-hydrogen) atoms. The molecule has 0 fully saturated rings. The molecule has 1 atom stereocenters. The van der Waals surface area contributed by atoms with Gasteiger partial charge in [-0.2, -0.15) is 0 Å². The number of benzene rings is 3. The van der Waals surface area contributed by atoms with Crippen LogP contribution in [-0.2, 0) is 9.53 Å². The van der Waals surface area contributed by atoms with Crippen molar-refractivity contribution in [2.24, 2.45) is 0 Å². The number of carbonyl (C=O) groups excluding carboxylic acids is 2. The number of carbonyl (C=O) groups is 3.